The molecule has 0 aromatic carbocycles. The molecular formula is C12H15BrN2O2. The van der Waals surface area contributed by atoms with Crippen molar-refractivity contribution in [1.82, 2.24) is 10.2 Å². The van der Waals surface area contributed by atoms with Crippen molar-refractivity contribution >= 4 is 21.8 Å². The van der Waals surface area contributed by atoms with Crippen LogP contribution in [0.2, 0.25) is 0 Å². The van der Waals surface area contributed by atoms with Gasteiger partial charge in [-0.3, -0.25) is 4.79 Å². The molecule has 2 atom stereocenters. The minimum absolute atomic E-state index is 0.0186. The second-order valence-corrected chi connectivity index (χ2v) is 5.61. The van der Waals surface area contributed by atoms with Gasteiger partial charge in [0.05, 0.1) is 0 Å². The number of nitrogens with one attached hydrogen (secondary N) is 1. The molecule has 92 valence electrons. The number of likely N-dealkylation sites (tertiary alicyclic amines) is 1. The molecular weight excluding hydrogens is 284 g/mol. The number of fused-ring (bicyclic) bond motifs is 1. The van der Waals surface area contributed by atoms with Crippen molar-refractivity contribution in [3.63, 3.8) is 0 Å². The second-order valence-electron chi connectivity index (χ2n) is 4.83. The summed E-state index contributed by atoms with van der Waals surface area (Å²) in [6, 6.07) is 3.49. The van der Waals surface area contributed by atoms with Gasteiger partial charge in [0.15, 0.2) is 10.4 Å². The number of halogens is 1. The molecule has 5 heteroatoms. The Labute approximate surface area is 108 Å². The van der Waals surface area contributed by atoms with Crippen molar-refractivity contribution in [3.8, 4) is 0 Å². The molecule has 1 N–H and O–H groups in total. The molecule has 0 radical (unpaired) electrons. The van der Waals surface area contributed by atoms with E-state index in [0.29, 0.717) is 22.3 Å². The molecule has 0 bridgehead atoms. The van der Waals surface area contributed by atoms with Crippen LogP contribution in [-0.4, -0.2) is 37.0 Å². The van der Waals surface area contributed by atoms with E-state index in [-0.39, 0.29) is 5.91 Å². The zero-order valence-electron chi connectivity index (χ0n) is 9.49. The first-order valence-corrected chi connectivity index (χ1v) is 6.78. The molecule has 2 saturated heterocycles. The Morgan fingerprint density at radius 1 is 1.41 bits per heavy atom. The van der Waals surface area contributed by atoms with E-state index >= 15 is 0 Å². The van der Waals surface area contributed by atoms with Gasteiger partial charge in [0, 0.05) is 13.1 Å². The maximum Gasteiger partial charge on any atom is 0.289 e. The molecule has 3 rings (SSSR count). The fraction of sp³-hybridized carbons (Fsp3) is 0.583. The predicted octanol–water partition coefficient (Wildman–Crippen LogP) is 1.72. The van der Waals surface area contributed by atoms with Crippen LogP contribution < -0.4 is 5.32 Å². The second kappa shape index (κ2) is 4.46. The number of rotatable bonds is 1. The van der Waals surface area contributed by atoms with Gasteiger partial charge < -0.3 is 14.6 Å². The fourth-order valence-electron chi connectivity index (χ4n) is 2.82. The van der Waals surface area contributed by atoms with Crippen LogP contribution in [0.3, 0.4) is 0 Å². The summed E-state index contributed by atoms with van der Waals surface area (Å²) in [5.41, 5.74) is 0. The topological polar surface area (TPSA) is 45.5 Å². The van der Waals surface area contributed by atoms with Gasteiger partial charge in [0.25, 0.3) is 5.91 Å². The van der Waals surface area contributed by atoms with E-state index in [1.165, 1.54) is 6.42 Å². The number of furan rings is 1. The van der Waals surface area contributed by atoms with Crippen LogP contribution in [0.25, 0.3) is 0 Å². The third kappa shape index (κ3) is 2.13. The minimum atomic E-state index is 0.0186. The highest BCUT2D eigenvalue weighted by molar-refractivity contribution is 9.10. The summed E-state index contributed by atoms with van der Waals surface area (Å²) in [7, 11) is 0. The summed E-state index contributed by atoms with van der Waals surface area (Å²) in [5.74, 6) is 1.73. The highest BCUT2D eigenvalue weighted by Gasteiger charge is 2.37. The van der Waals surface area contributed by atoms with Crippen LogP contribution in [-0.2, 0) is 0 Å². The minimum Gasteiger partial charge on any atom is -0.444 e. The van der Waals surface area contributed by atoms with Gasteiger partial charge in [-0.25, -0.2) is 0 Å². The summed E-state index contributed by atoms with van der Waals surface area (Å²) >= 11 is 3.22. The average molecular weight is 299 g/mol. The largest absolute Gasteiger partial charge is 0.444 e. The lowest BCUT2D eigenvalue weighted by atomic mass is 9.90. The summed E-state index contributed by atoms with van der Waals surface area (Å²) in [6.07, 6.45) is 1.18. The van der Waals surface area contributed by atoms with E-state index in [1.807, 2.05) is 4.90 Å². The Morgan fingerprint density at radius 3 is 2.94 bits per heavy atom. The van der Waals surface area contributed by atoms with Crippen molar-refractivity contribution < 1.29 is 9.21 Å². The molecule has 1 aromatic rings. The van der Waals surface area contributed by atoms with Crippen molar-refractivity contribution in [1.29, 1.82) is 0 Å². The normalized spacial score (nSPS) is 28.2. The van der Waals surface area contributed by atoms with Gasteiger partial charge in [-0.2, -0.15) is 0 Å². The van der Waals surface area contributed by atoms with E-state index < -0.39 is 0 Å². The Kier molecular flexibility index (Phi) is 2.96. The van der Waals surface area contributed by atoms with Crippen molar-refractivity contribution in [3.05, 3.63) is 22.6 Å². The third-order valence-electron chi connectivity index (χ3n) is 3.75. The van der Waals surface area contributed by atoms with E-state index in [0.717, 1.165) is 26.2 Å². The van der Waals surface area contributed by atoms with Crippen LogP contribution in [0.15, 0.2) is 21.2 Å². The van der Waals surface area contributed by atoms with Crippen LogP contribution in [0.4, 0.5) is 0 Å². The number of nitrogens with zero attached hydrogens (tertiary/aromatic N) is 1. The molecule has 0 aliphatic carbocycles. The summed E-state index contributed by atoms with van der Waals surface area (Å²) in [4.78, 5) is 14.1. The van der Waals surface area contributed by atoms with Crippen molar-refractivity contribution in [2.45, 2.75) is 6.42 Å². The summed E-state index contributed by atoms with van der Waals surface area (Å²) in [6.45, 7) is 3.85. The third-order valence-corrected chi connectivity index (χ3v) is 4.17. The molecule has 0 spiro atoms. The van der Waals surface area contributed by atoms with Gasteiger partial charge in [0.1, 0.15) is 0 Å². The standard InChI is InChI=1S/C12H15BrN2O2/c13-11-2-1-10(17-11)12(16)15-6-8-3-4-14-5-9(8)7-15/h1-2,8-9,14H,3-7H2. The van der Waals surface area contributed by atoms with Gasteiger partial charge >= 0.3 is 0 Å². The van der Waals surface area contributed by atoms with Crippen LogP contribution in [0.5, 0.6) is 0 Å². The first-order chi connectivity index (χ1) is 8.24. The Morgan fingerprint density at radius 2 is 2.24 bits per heavy atom. The summed E-state index contributed by atoms with van der Waals surface area (Å²) < 4.78 is 5.93. The highest BCUT2D eigenvalue weighted by Crippen LogP contribution is 2.29. The monoisotopic (exact) mass is 298 g/mol. The Hall–Kier alpha value is -0.810. The van der Waals surface area contributed by atoms with Crippen LogP contribution in [0, 0.1) is 11.8 Å². The number of hydrogen-bond donors (Lipinski definition) is 1. The maximum absolute atomic E-state index is 12.2. The van der Waals surface area contributed by atoms with E-state index in [9.17, 15) is 4.79 Å². The molecule has 3 heterocycles. The Bertz CT molecular complexity index is 418. The van der Waals surface area contributed by atoms with Gasteiger partial charge in [-0.05, 0) is 59.4 Å². The van der Waals surface area contributed by atoms with Crippen molar-refractivity contribution in [2.24, 2.45) is 11.8 Å². The lowest BCUT2D eigenvalue weighted by Crippen LogP contribution is -2.35. The molecule has 2 aliphatic rings. The quantitative estimate of drug-likeness (QED) is 0.859. The molecule has 0 saturated carbocycles. The zero-order chi connectivity index (χ0) is 11.8. The fourth-order valence-corrected chi connectivity index (χ4v) is 3.13. The SMILES string of the molecule is O=C(c1ccc(Br)o1)N1CC2CCNCC2C1. The molecule has 2 unspecified atom stereocenters. The summed E-state index contributed by atoms with van der Waals surface area (Å²) in [5, 5.41) is 3.39. The van der Waals surface area contributed by atoms with E-state index in [1.54, 1.807) is 12.1 Å². The molecule has 2 aliphatic heterocycles. The zero-order valence-corrected chi connectivity index (χ0v) is 11.1. The number of carbonyl (C=O) groups excluding carboxylic acids is 1. The predicted molar refractivity (Wildman–Crippen MR) is 66.8 cm³/mol. The number of carbonyl (C=O) groups is 1. The first kappa shape index (κ1) is 11.3. The van der Waals surface area contributed by atoms with Crippen molar-refractivity contribution in [2.75, 3.05) is 26.2 Å². The lowest BCUT2D eigenvalue weighted by molar-refractivity contribution is 0.0751. The maximum atomic E-state index is 12.2. The van der Waals surface area contributed by atoms with Crippen LogP contribution in [0.1, 0.15) is 17.0 Å². The number of piperidine rings is 1. The lowest BCUT2D eigenvalue weighted by Gasteiger charge is -2.23. The first-order valence-electron chi connectivity index (χ1n) is 5.99. The molecule has 1 amide bonds. The number of amides is 1. The highest BCUT2D eigenvalue weighted by atomic mass is 79.9. The van der Waals surface area contributed by atoms with Gasteiger partial charge in [0.2, 0.25) is 0 Å². The van der Waals surface area contributed by atoms with E-state index in [2.05, 4.69) is 21.2 Å². The molecule has 4 nitrogen and oxygen atoms in total. The van der Waals surface area contributed by atoms with Gasteiger partial charge in [-0.1, -0.05) is 0 Å². The Balaban J connectivity index is 1.71. The molecule has 2 fully saturated rings. The molecule has 1 aromatic heterocycles. The van der Waals surface area contributed by atoms with Gasteiger partial charge in [-0.15, -0.1) is 0 Å². The smallest absolute Gasteiger partial charge is 0.289 e. The van der Waals surface area contributed by atoms with Crippen LogP contribution >= 0.6 is 15.9 Å². The molecule has 17 heavy (non-hydrogen) atoms. The number of hydrogen-bond acceptors (Lipinski definition) is 3. The van der Waals surface area contributed by atoms with E-state index in [4.69, 9.17) is 4.42 Å². The average Bonchev–Trinajstić information content (AvgIpc) is 2.93.